The highest BCUT2D eigenvalue weighted by Gasteiger charge is 2.21. The number of phenols is 1. The lowest BCUT2D eigenvalue weighted by atomic mass is 10.2. The number of hydrogen-bond acceptors (Lipinski definition) is 6. The molecule has 2 aromatic carbocycles. The fourth-order valence-corrected chi connectivity index (χ4v) is 3.02. The molecule has 0 aliphatic rings. The molecule has 8 nitrogen and oxygen atoms in total. The van der Waals surface area contributed by atoms with E-state index in [-0.39, 0.29) is 16.1 Å². The summed E-state index contributed by atoms with van der Waals surface area (Å²) in [6.45, 7) is 0. The minimum atomic E-state index is -4.18. The Morgan fingerprint density at radius 2 is 1.75 bits per heavy atom. The van der Waals surface area contributed by atoms with Crippen LogP contribution in [0, 0.1) is 0 Å². The monoisotopic (exact) mass is 351 g/mol. The average molecular weight is 351 g/mol. The zero-order valence-electron chi connectivity index (χ0n) is 12.4. The molecule has 0 saturated carbocycles. The van der Waals surface area contributed by atoms with Crippen LogP contribution >= 0.6 is 0 Å². The predicted molar refractivity (Wildman–Crippen MR) is 83.7 cm³/mol. The SMILES string of the molecule is COC(=O)c1ccccc1NS(=O)(=O)c1ccc(O)c(C(=O)O)c1. The van der Waals surface area contributed by atoms with Crippen LogP contribution in [-0.2, 0) is 14.8 Å². The number of benzene rings is 2. The first-order valence-electron chi connectivity index (χ1n) is 6.52. The van der Waals surface area contributed by atoms with Crippen LogP contribution in [0.15, 0.2) is 47.4 Å². The number of carboxylic acid groups (broad SMARTS) is 1. The van der Waals surface area contributed by atoms with Crippen LogP contribution in [0.25, 0.3) is 0 Å². The van der Waals surface area contributed by atoms with E-state index >= 15 is 0 Å². The summed E-state index contributed by atoms with van der Waals surface area (Å²) in [7, 11) is -3.02. The summed E-state index contributed by atoms with van der Waals surface area (Å²) < 4.78 is 31.6. The molecule has 0 amide bonds. The van der Waals surface area contributed by atoms with Gasteiger partial charge in [-0.15, -0.1) is 0 Å². The van der Waals surface area contributed by atoms with Crippen molar-refractivity contribution in [3.8, 4) is 5.75 Å². The van der Waals surface area contributed by atoms with Gasteiger partial charge in [0.25, 0.3) is 10.0 Å². The van der Waals surface area contributed by atoms with E-state index in [0.29, 0.717) is 0 Å². The van der Waals surface area contributed by atoms with Crippen molar-refractivity contribution < 1.29 is 33.0 Å². The Kier molecular flexibility index (Phi) is 4.74. The summed E-state index contributed by atoms with van der Waals surface area (Å²) >= 11 is 0. The van der Waals surface area contributed by atoms with E-state index in [4.69, 9.17) is 5.11 Å². The number of rotatable bonds is 5. The number of hydrogen-bond donors (Lipinski definition) is 3. The summed E-state index contributed by atoms with van der Waals surface area (Å²) in [5, 5.41) is 18.4. The molecule has 0 unspecified atom stereocenters. The Bertz CT molecular complexity index is 906. The minimum Gasteiger partial charge on any atom is -0.507 e. The van der Waals surface area contributed by atoms with Gasteiger partial charge in [-0.3, -0.25) is 4.72 Å². The fourth-order valence-electron chi connectivity index (χ4n) is 1.92. The number of aromatic hydroxyl groups is 1. The summed E-state index contributed by atoms with van der Waals surface area (Å²) in [5.41, 5.74) is -0.575. The summed E-state index contributed by atoms with van der Waals surface area (Å²) in [5.74, 6) is -2.76. The molecule has 0 aromatic heterocycles. The van der Waals surface area contributed by atoms with Crippen LogP contribution in [0.5, 0.6) is 5.75 Å². The first-order valence-corrected chi connectivity index (χ1v) is 8.01. The van der Waals surface area contributed by atoms with Crippen molar-refractivity contribution in [1.82, 2.24) is 0 Å². The van der Waals surface area contributed by atoms with Crippen molar-refractivity contribution >= 4 is 27.6 Å². The van der Waals surface area contributed by atoms with Crippen molar-refractivity contribution in [2.75, 3.05) is 11.8 Å². The number of para-hydroxylation sites is 1. The number of esters is 1. The first kappa shape index (κ1) is 17.3. The van der Waals surface area contributed by atoms with Gasteiger partial charge in [-0.25, -0.2) is 18.0 Å². The molecular weight excluding hydrogens is 338 g/mol. The molecule has 0 atom stereocenters. The molecule has 0 heterocycles. The molecule has 2 rings (SSSR count). The maximum Gasteiger partial charge on any atom is 0.339 e. The van der Waals surface area contributed by atoms with Gasteiger partial charge in [0, 0.05) is 0 Å². The van der Waals surface area contributed by atoms with Gasteiger partial charge in [-0.1, -0.05) is 12.1 Å². The number of carbonyl (C=O) groups excluding carboxylic acids is 1. The highest BCUT2D eigenvalue weighted by atomic mass is 32.2. The normalized spacial score (nSPS) is 10.9. The van der Waals surface area contributed by atoms with Crippen LogP contribution in [0.4, 0.5) is 5.69 Å². The Hall–Kier alpha value is -3.07. The van der Waals surface area contributed by atoms with Crippen molar-refractivity contribution in [2.45, 2.75) is 4.90 Å². The maximum absolute atomic E-state index is 12.4. The van der Waals surface area contributed by atoms with Crippen molar-refractivity contribution in [2.24, 2.45) is 0 Å². The Labute approximate surface area is 137 Å². The molecule has 3 N–H and O–H groups in total. The zero-order valence-corrected chi connectivity index (χ0v) is 13.2. The van der Waals surface area contributed by atoms with E-state index < -0.39 is 33.3 Å². The third kappa shape index (κ3) is 3.46. The number of sulfonamides is 1. The Morgan fingerprint density at radius 3 is 2.38 bits per heavy atom. The molecule has 0 radical (unpaired) electrons. The van der Waals surface area contributed by atoms with E-state index in [0.717, 1.165) is 25.3 Å². The Morgan fingerprint density at radius 1 is 1.08 bits per heavy atom. The molecule has 0 fully saturated rings. The van der Waals surface area contributed by atoms with E-state index in [9.17, 15) is 23.1 Å². The van der Waals surface area contributed by atoms with Gasteiger partial charge in [0.05, 0.1) is 23.3 Å². The second kappa shape index (κ2) is 6.59. The highest BCUT2D eigenvalue weighted by molar-refractivity contribution is 7.92. The summed E-state index contributed by atoms with van der Waals surface area (Å²) in [6.07, 6.45) is 0. The van der Waals surface area contributed by atoms with E-state index in [1.807, 2.05) is 0 Å². The third-order valence-corrected chi connectivity index (χ3v) is 4.45. The fraction of sp³-hybridized carbons (Fsp3) is 0.0667. The molecule has 0 spiro atoms. The van der Waals surface area contributed by atoms with Gasteiger partial charge in [0.2, 0.25) is 0 Å². The van der Waals surface area contributed by atoms with E-state index in [1.54, 1.807) is 0 Å². The van der Waals surface area contributed by atoms with Crippen LogP contribution in [0.3, 0.4) is 0 Å². The number of anilines is 1. The Balaban J connectivity index is 2.45. The number of carboxylic acids is 1. The number of ether oxygens (including phenoxy) is 1. The molecule has 24 heavy (non-hydrogen) atoms. The molecule has 126 valence electrons. The molecule has 0 aliphatic carbocycles. The molecule has 0 saturated heterocycles. The van der Waals surface area contributed by atoms with E-state index in [1.165, 1.54) is 24.3 Å². The van der Waals surface area contributed by atoms with Gasteiger partial charge in [-0.2, -0.15) is 0 Å². The number of methoxy groups -OCH3 is 1. The van der Waals surface area contributed by atoms with Crippen LogP contribution in [0.2, 0.25) is 0 Å². The average Bonchev–Trinajstić information content (AvgIpc) is 2.54. The van der Waals surface area contributed by atoms with Crippen molar-refractivity contribution in [3.63, 3.8) is 0 Å². The third-order valence-electron chi connectivity index (χ3n) is 3.09. The second-order valence-corrected chi connectivity index (χ2v) is 6.31. The van der Waals surface area contributed by atoms with Gasteiger partial charge in [-0.05, 0) is 30.3 Å². The predicted octanol–water partition coefficient (Wildman–Crippen LogP) is 1.68. The molecule has 9 heteroatoms. The number of aromatic carboxylic acids is 1. The molecule has 2 aromatic rings. The van der Waals surface area contributed by atoms with Gasteiger partial charge in [0.15, 0.2) is 0 Å². The molecular formula is C15H13NO7S. The lowest BCUT2D eigenvalue weighted by molar-refractivity contribution is 0.0601. The minimum absolute atomic E-state index is 0.000751. The topological polar surface area (TPSA) is 130 Å². The highest BCUT2D eigenvalue weighted by Crippen LogP contribution is 2.24. The largest absolute Gasteiger partial charge is 0.507 e. The van der Waals surface area contributed by atoms with Gasteiger partial charge in [0.1, 0.15) is 11.3 Å². The lowest BCUT2D eigenvalue weighted by Gasteiger charge is -2.12. The quantitative estimate of drug-likeness (QED) is 0.699. The number of carbonyl (C=O) groups is 2. The molecule has 0 aliphatic heterocycles. The van der Waals surface area contributed by atoms with Gasteiger partial charge < -0.3 is 14.9 Å². The summed E-state index contributed by atoms with van der Waals surface area (Å²) in [6, 6.07) is 8.62. The van der Waals surface area contributed by atoms with E-state index in [2.05, 4.69) is 9.46 Å². The van der Waals surface area contributed by atoms with Crippen molar-refractivity contribution in [3.05, 3.63) is 53.6 Å². The zero-order chi connectivity index (χ0) is 17.9. The van der Waals surface area contributed by atoms with Crippen LogP contribution in [0.1, 0.15) is 20.7 Å². The lowest BCUT2D eigenvalue weighted by Crippen LogP contribution is -2.16. The standard InChI is InChI=1S/C15H13NO7S/c1-23-15(20)10-4-2-3-5-12(10)16-24(21,22)9-6-7-13(17)11(8-9)14(18)19/h2-8,16-17H,1H3,(H,18,19). The van der Waals surface area contributed by atoms with Gasteiger partial charge >= 0.3 is 11.9 Å². The maximum atomic E-state index is 12.4. The second-order valence-electron chi connectivity index (χ2n) is 4.63. The van der Waals surface area contributed by atoms with Crippen LogP contribution in [-0.4, -0.2) is 37.7 Å². The van der Waals surface area contributed by atoms with Crippen molar-refractivity contribution in [1.29, 1.82) is 0 Å². The number of nitrogens with one attached hydrogen (secondary N) is 1. The first-order chi connectivity index (χ1) is 11.3. The van der Waals surface area contributed by atoms with Crippen LogP contribution < -0.4 is 4.72 Å². The smallest absolute Gasteiger partial charge is 0.339 e. The summed E-state index contributed by atoms with van der Waals surface area (Å²) in [4.78, 5) is 22.3. The molecule has 0 bridgehead atoms.